The van der Waals surface area contributed by atoms with Crippen LogP contribution in [0.5, 0.6) is 0 Å². The Hall–Kier alpha value is -2.34. The van der Waals surface area contributed by atoms with Crippen molar-refractivity contribution in [3.8, 4) is 11.8 Å². The van der Waals surface area contributed by atoms with Gasteiger partial charge in [0.15, 0.2) is 0 Å². The number of carbonyl (C=O) groups excluding carboxylic acids is 1. The largest absolute Gasteiger partial charge is 0.359 e. The number of benzene rings is 1. The van der Waals surface area contributed by atoms with E-state index in [0.29, 0.717) is 5.69 Å². The van der Waals surface area contributed by atoms with Gasteiger partial charge in [0.05, 0.1) is 0 Å². The zero-order valence-corrected chi connectivity index (χ0v) is 7.90. The van der Waals surface area contributed by atoms with Gasteiger partial charge >= 0.3 is 0 Å². The highest BCUT2D eigenvalue weighted by atomic mass is 16.1. The Morgan fingerprint density at radius 3 is 2.87 bits per heavy atom. The molecule has 0 atom stereocenters. The van der Waals surface area contributed by atoms with E-state index in [1.54, 1.807) is 6.20 Å². The minimum absolute atomic E-state index is 0.576. The van der Waals surface area contributed by atoms with Crippen molar-refractivity contribution < 1.29 is 4.79 Å². The fraction of sp³-hybridized carbons (Fsp3) is 0. The molecule has 0 aliphatic rings. The number of hydrogen-bond donors (Lipinski definition) is 1. The van der Waals surface area contributed by atoms with Crippen LogP contribution < -0.4 is 5.73 Å². The Balaban J connectivity index is 2.63. The van der Waals surface area contributed by atoms with Crippen molar-refractivity contribution in [2.45, 2.75) is 0 Å². The van der Waals surface area contributed by atoms with Crippen molar-refractivity contribution in [3.05, 3.63) is 42.2 Å². The summed E-state index contributed by atoms with van der Waals surface area (Å²) < 4.78 is 0. The zero-order valence-electron chi connectivity index (χ0n) is 7.90. The first kappa shape index (κ1) is 9.22. The summed E-state index contributed by atoms with van der Waals surface area (Å²) in [5, 5.41) is 1.97. The second-order valence-corrected chi connectivity index (χ2v) is 2.99. The van der Waals surface area contributed by atoms with E-state index in [4.69, 9.17) is 5.73 Å². The monoisotopic (exact) mass is 196 g/mol. The fourth-order valence-electron chi connectivity index (χ4n) is 1.34. The average Bonchev–Trinajstić information content (AvgIpc) is 2.26. The molecule has 0 aliphatic heterocycles. The Morgan fingerprint density at radius 1 is 1.27 bits per heavy atom. The molecule has 2 N–H and O–H groups in total. The number of primary amides is 1. The lowest BCUT2D eigenvalue weighted by atomic mass is 10.1. The van der Waals surface area contributed by atoms with Gasteiger partial charge < -0.3 is 5.73 Å². The molecule has 3 heteroatoms. The molecule has 0 radical (unpaired) electrons. The number of rotatable bonds is 0. The first-order valence-electron chi connectivity index (χ1n) is 4.42. The van der Waals surface area contributed by atoms with Crippen LogP contribution in [0, 0.1) is 11.8 Å². The number of hydrogen-bond acceptors (Lipinski definition) is 2. The third-order valence-electron chi connectivity index (χ3n) is 1.98. The number of fused-ring (bicyclic) bond motifs is 1. The molecule has 0 aliphatic carbocycles. The first-order chi connectivity index (χ1) is 7.27. The second kappa shape index (κ2) is 3.81. The van der Waals surface area contributed by atoms with Crippen molar-refractivity contribution in [3.63, 3.8) is 0 Å². The zero-order chi connectivity index (χ0) is 10.7. The summed E-state index contributed by atoms with van der Waals surface area (Å²) in [6, 6.07) is 9.61. The van der Waals surface area contributed by atoms with E-state index in [-0.39, 0.29) is 0 Å². The molecule has 3 nitrogen and oxygen atoms in total. The van der Waals surface area contributed by atoms with Gasteiger partial charge in [-0.1, -0.05) is 24.3 Å². The van der Waals surface area contributed by atoms with E-state index >= 15 is 0 Å². The van der Waals surface area contributed by atoms with Crippen molar-refractivity contribution in [1.82, 2.24) is 4.98 Å². The van der Waals surface area contributed by atoms with Gasteiger partial charge in [-0.3, -0.25) is 4.79 Å². The first-order valence-corrected chi connectivity index (χ1v) is 4.42. The molecule has 2 rings (SSSR count). The highest BCUT2D eigenvalue weighted by Crippen LogP contribution is 2.14. The summed E-state index contributed by atoms with van der Waals surface area (Å²) in [7, 11) is 0. The fourth-order valence-corrected chi connectivity index (χ4v) is 1.34. The van der Waals surface area contributed by atoms with E-state index in [9.17, 15) is 4.79 Å². The molecular formula is C12H8N2O. The smallest absolute Gasteiger partial charge is 0.293 e. The third kappa shape index (κ3) is 1.94. The van der Waals surface area contributed by atoms with Crippen LogP contribution in [-0.4, -0.2) is 10.9 Å². The van der Waals surface area contributed by atoms with Gasteiger partial charge in [-0.15, -0.1) is 0 Å². The van der Waals surface area contributed by atoms with Crippen LogP contribution in [0.4, 0.5) is 0 Å². The van der Waals surface area contributed by atoms with Crippen LogP contribution in [0.15, 0.2) is 36.5 Å². The van der Waals surface area contributed by atoms with Crippen LogP contribution in [0.2, 0.25) is 0 Å². The van der Waals surface area contributed by atoms with E-state index in [2.05, 4.69) is 16.8 Å². The van der Waals surface area contributed by atoms with Crippen LogP contribution in [-0.2, 0) is 4.79 Å². The maximum absolute atomic E-state index is 10.5. The summed E-state index contributed by atoms with van der Waals surface area (Å²) in [6.07, 6.45) is 1.66. The van der Waals surface area contributed by atoms with Gasteiger partial charge in [-0.2, -0.15) is 0 Å². The van der Waals surface area contributed by atoms with Gasteiger partial charge in [0, 0.05) is 17.5 Å². The summed E-state index contributed by atoms with van der Waals surface area (Å²) in [4.78, 5) is 14.6. The standard InChI is InChI=1S/C12H8N2O/c13-12(15)6-5-11-10-4-2-1-3-9(10)7-8-14-11/h1-4,7-8H,(H2,13,15). The minimum Gasteiger partial charge on any atom is -0.359 e. The number of amides is 1. The quantitative estimate of drug-likeness (QED) is 0.641. The summed E-state index contributed by atoms with van der Waals surface area (Å²) in [6.45, 7) is 0. The van der Waals surface area contributed by atoms with Crippen molar-refractivity contribution >= 4 is 16.7 Å². The predicted molar refractivity (Wildman–Crippen MR) is 57.8 cm³/mol. The maximum Gasteiger partial charge on any atom is 0.293 e. The number of pyridine rings is 1. The molecule has 0 unspecified atom stereocenters. The van der Waals surface area contributed by atoms with Gasteiger partial charge in [-0.05, 0) is 17.4 Å². The molecule has 0 bridgehead atoms. The lowest BCUT2D eigenvalue weighted by Gasteiger charge is -1.97. The normalized spacial score (nSPS) is 9.33. The van der Waals surface area contributed by atoms with Crippen LogP contribution in [0.1, 0.15) is 5.69 Å². The highest BCUT2D eigenvalue weighted by Gasteiger charge is 1.97. The number of nitrogens with zero attached hydrogens (tertiary/aromatic N) is 1. The maximum atomic E-state index is 10.5. The summed E-state index contributed by atoms with van der Waals surface area (Å²) >= 11 is 0. The number of carbonyl (C=O) groups is 1. The molecule has 0 fully saturated rings. The van der Waals surface area contributed by atoms with Crippen molar-refractivity contribution in [1.29, 1.82) is 0 Å². The second-order valence-electron chi connectivity index (χ2n) is 2.99. The van der Waals surface area contributed by atoms with Crippen LogP contribution in [0.25, 0.3) is 10.8 Å². The SMILES string of the molecule is NC(=O)C#Cc1nccc2ccccc12. The summed E-state index contributed by atoms with van der Waals surface area (Å²) in [5.74, 6) is 4.28. The highest BCUT2D eigenvalue weighted by molar-refractivity contribution is 5.94. The molecule has 15 heavy (non-hydrogen) atoms. The van der Waals surface area contributed by atoms with Gasteiger partial charge in [-0.25, -0.2) is 4.98 Å². The number of nitrogens with two attached hydrogens (primary N) is 1. The van der Waals surface area contributed by atoms with E-state index in [1.165, 1.54) is 0 Å². The van der Waals surface area contributed by atoms with E-state index in [1.807, 2.05) is 30.3 Å². The van der Waals surface area contributed by atoms with Crippen molar-refractivity contribution in [2.75, 3.05) is 0 Å². The Bertz CT molecular complexity index is 573. The Labute approximate surface area is 86.9 Å². The topological polar surface area (TPSA) is 56.0 Å². The molecular weight excluding hydrogens is 188 g/mol. The van der Waals surface area contributed by atoms with E-state index in [0.717, 1.165) is 10.8 Å². The van der Waals surface area contributed by atoms with Gasteiger partial charge in [0.1, 0.15) is 5.69 Å². The van der Waals surface area contributed by atoms with Gasteiger partial charge in [0.2, 0.25) is 0 Å². The molecule has 1 aromatic heterocycles. The number of aromatic nitrogens is 1. The van der Waals surface area contributed by atoms with Crippen LogP contribution in [0.3, 0.4) is 0 Å². The third-order valence-corrected chi connectivity index (χ3v) is 1.98. The Kier molecular flexibility index (Phi) is 2.34. The van der Waals surface area contributed by atoms with Crippen LogP contribution >= 0.6 is 0 Å². The predicted octanol–water partition coefficient (Wildman–Crippen LogP) is 1.07. The lowest BCUT2D eigenvalue weighted by molar-refractivity contribution is -0.112. The molecule has 0 spiro atoms. The minimum atomic E-state index is -0.648. The molecule has 1 heterocycles. The van der Waals surface area contributed by atoms with E-state index < -0.39 is 5.91 Å². The molecule has 2 aromatic rings. The molecule has 1 amide bonds. The Morgan fingerprint density at radius 2 is 2.07 bits per heavy atom. The summed E-state index contributed by atoms with van der Waals surface area (Å²) in [5.41, 5.74) is 5.52. The molecule has 0 saturated heterocycles. The molecule has 72 valence electrons. The van der Waals surface area contributed by atoms with Crippen molar-refractivity contribution in [2.24, 2.45) is 5.73 Å². The molecule has 0 saturated carbocycles. The molecule has 1 aromatic carbocycles. The van der Waals surface area contributed by atoms with Gasteiger partial charge in [0.25, 0.3) is 5.91 Å². The average molecular weight is 196 g/mol. The lowest BCUT2D eigenvalue weighted by Crippen LogP contribution is -2.06.